The Morgan fingerprint density at radius 2 is 1.53 bits per heavy atom. The van der Waals surface area contributed by atoms with Crippen molar-refractivity contribution in [3.05, 3.63) is 0 Å². The Kier molecular flexibility index (Phi) is 2.23. The van der Waals surface area contributed by atoms with Crippen LogP contribution in [0.5, 0.6) is 0 Å². The van der Waals surface area contributed by atoms with Crippen molar-refractivity contribution in [3.63, 3.8) is 0 Å². The van der Waals surface area contributed by atoms with E-state index in [-0.39, 0.29) is 0 Å². The lowest BCUT2D eigenvalue weighted by Gasteiger charge is -2.44. The standard InChI is InChI=1S/C16H26O/c1-16(2,12-4-3-10-7-11(10)8-12)13-5-6-14-15(9-13)17-14/h10-15H,3-9H2,1-2H3. The molecule has 0 aromatic carbocycles. The molecule has 4 rings (SSSR count). The van der Waals surface area contributed by atoms with Crippen molar-refractivity contribution in [2.75, 3.05) is 0 Å². The minimum atomic E-state index is 0.574. The van der Waals surface area contributed by atoms with Gasteiger partial charge in [0.2, 0.25) is 0 Å². The van der Waals surface area contributed by atoms with Crippen molar-refractivity contribution in [3.8, 4) is 0 Å². The van der Waals surface area contributed by atoms with Crippen molar-refractivity contribution in [1.82, 2.24) is 0 Å². The molecule has 1 heteroatoms. The summed E-state index contributed by atoms with van der Waals surface area (Å²) >= 11 is 0. The molecule has 3 saturated carbocycles. The summed E-state index contributed by atoms with van der Waals surface area (Å²) in [4.78, 5) is 0. The van der Waals surface area contributed by atoms with Crippen molar-refractivity contribution in [1.29, 1.82) is 0 Å². The molecule has 1 nitrogen and oxygen atoms in total. The summed E-state index contributed by atoms with van der Waals surface area (Å²) < 4.78 is 5.72. The monoisotopic (exact) mass is 234 g/mol. The highest BCUT2D eigenvalue weighted by Crippen LogP contribution is 2.58. The second-order valence-corrected chi connectivity index (χ2v) is 7.81. The molecule has 6 unspecified atom stereocenters. The Morgan fingerprint density at radius 1 is 0.765 bits per heavy atom. The third kappa shape index (κ3) is 1.77. The summed E-state index contributed by atoms with van der Waals surface area (Å²) in [5, 5.41) is 0. The van der Waals surface area contributed by atoms with Gasteiger partial charge in [-0.05, 0) is 74.0 Å². The predicted octanol–water partition coefficient (Wildman–Crippen LogP) is 4.02. The number of fused-ring (bicyclic) bond motifs is 2. The van der Waals surface area contributed by atoms with Crippen LogP contribution in [0.1, 0.15) is 58.8 Å². The van der Waals surface area contributed by atoms with Gasteiger partial charge in [0, 0.05) is 0 Å². The molecular weight excluding hydrogens is 208 g/mol. The maximum Gasteiger partial charge on any atom is 0.0844 e. The zero-order valence-electron chi connectivity index (χ0n) is 11.3. The van der Waals surface area contributed by atoms with E-state index < -0.39 is 0 Å². The molecule has 4 fully saturated rings. The maximum absolute atomic E-state index is 5.72. The Hall–Kier alpha value is -0.0400. The van der Waals surface area contributed by atoms with Gasteiger partial charge in [0.15, 0.2) is 0 Å². The molecule has 6 atom stereocenters. The zero-order valence-corrected chi connectivity index (χ0v) is 11.3. The summed E-state index contributed by atoms with van der Waals surface area (Å²) in [6, 6.07) is 0. The second-order valence-electron chi connectivity index (χ2n) is 7.81. The topological polar surface area (TPSA) is 12.5 Å². The van der Waals surface area contributed by atoms with Crippen LogP contribution < -0.4 is 0 Å². The lowest BCUT2D eigenvalue weighted by atomic mass is 9.61. The van der Waals surface area contributed by atoms with E-state index in [0.29, 0.717) is 17.6 Å². The van der Waals surface area contributed by atoms with E-state index in [1.54, 1.807) is 12.8 Å². The number of rotatable bonds is 2. The van der Waals surface area contributed by atoms with Crippen LogP contribution in [0.2, 0.25) is 0 Å². The van der Waals surface area contributed by atoms with Crippen LogP contribution in [0, 0.1) is 29.1 Å². The first-order valence-corrected chi connectivity index (χ1v) is 7.80. The number of ether oxygens (including phenoxy) is 1. The summed E-state index contributed by atoms with van der Waals surface area (Å²) in [6.07, 6.45) is 11.6. The summed E-state index contributed by atoms with van der Waals surface area (Å²) in [5.74, 6) is 4.21. The van der Waals surface area contributed by atoms with E-state index in [9.17, 15) is 0 Å². The molecule has 0 aromatic heterocycles. The minimum absolute atomic E-state index is 0.574. The van der Waals surface area contributed by atoms with Crippen molar-refractivity contribution in [2.24, 2.45) is 29.1 Å². The van der Waals surface area contributed by atoms with Gasteiger partial charge >= 0.3 is 0 Å². The normalized spacial score (nSPS) is 52.6. The molecule has 0 N–H and O–H groups in total. The molecule has 4 aliphatic rings. The smallest absolute Gasteiger partial charge is 0.0844 e. The third-order valence-corrected chi connectivity index (χ3v) is 6.65. The summed E-state index contributed by atoms with van der Waals surface area (Å²) in [6.45, 7) is 5.13. The molecule has 0 amide bonds. The Bertz CT molecular complexity index is 291. The van der Waals surface area contributed by atoms with Crippen LogP contribution in [0.4, 0.5) is 0 Å². The van der Waals surface area contributed by atoms with Gasteiger partial charge < -0.3 is 4.74 Å². The largest absolute Gasteiger partial charge is 0.370 e. The summed E-state index contributed by atoms with van der Waals surface area (Å²) in [5.41, 5.74) is 0.574. The molecule has 1 aliphatic heterocycles. The Morgan fingerprint density at radius 3 is 2.29 bits per heavy atom. The van der Waals surface area contributed by atoms with Gasteiger partial charge in [-0.15, -0.1) is 0 Å². The maximum atomic E-state index is 5.72. The molecule has 1 heterocycles. The quantitative estimate of drug-likeness (QED) is 0.658. The van der Waals surface area contributed by atoms with E-state index in [0.717, 1.165) is 23.7 Å². The van der Waals surface area contributed by atoms with Gasteiger partial charge in [0.1, 0.15) is 0 Å². The number of hydrogen-bond acceptors (Lipinski definition) is 1. The zero-order chi connectivity index (χ0) is 11.6. The minimum Gasteiger partial charge on any atom is -0.370 e. The average Bonchev–Trinajstić information content (AvgIpc) is 3.21. The highest BCUT2D eigenvalue weighted by atomic mass is 16.6. The van der Waals surface area contributed by atoms with Crippen molar-refractivity contribution >= 4 is 0 Å². The Balaban J connectivity index is 1.45. The van der Waals surface area contributed by atoms with Crippen LogP contribution in [0.25, 0.3) is 0 Å². The summed E-state index contributed by atoms with van der Waals surface area (Å²) in [7, 11) is 0. The van der Waals surface area contributed by atoms with Gasteiger partial charge in [-0.2, -0.15) is 0 Å². The molecule has 3 aliphatic carbocycles. The first-order valence-electron chi connectivity index (χ1n) is 7.80. The second kappa shape index (κ2) is 3.50. The van der Waals surface area contributed by atoms with Gasteiger partial charge in [0.25, 0.3) is 0 Å². The van der Waals surface area contributed by atoms with Crippen LogP contribution in [0.3, 0.4) is 0 Å². The van der Waals surface area contributed by atoms with Gasteiger partial charge in [0.05, 0.1) is 12.2 Å². The third-order valence-electron chi connectivity index (χ3n) is 6.65. The fourth-order valence-electron chi connectivity index (χ4n) is 4.94. The lowest BCUT2D eigenvalue weighted by molar-refractivity contribution is 0.0603. The van der Waals surface area contributed by atoms with Crippen LogP contribution in [0.15, 0.2) is 0 Å². The van der Waals surface area contributed by atoms with E-state index in [1.807, 2.05) is 0 Å². The molecule has 0 aromatic rings. The molecule has 0 bridgehead atoms. The van der Waals surface area contributed by atoms with Gasteiger partial charge in [-0.25, -0.2) is 0 Å². The average molecular weight is 234 g/mol. The molecular formula is C16H26O. The highest BCUT2D eigenvalue weighted by molar-refractivity contribution is 5.01. The first-order chi connectivity index (χ1) is 8.14. The van der Waals surface area contributed by atoms with Crippen molar-refractivity contribution in [2.45, 2.75) is 71.0 Å². The van der Waals surface area contributed by atoms with Crippen LogP contribution >= 0.6 is 0 Å². The first kappa shape index (κ1) is 10.8. The molecule has 1 saturated heterocycles. The highest BCUT2D eigenvalue weighted by Gasteiger charge is 2.52. The molecule has 0 radical (unpaired) electrons. The number of epoxide rings is 1. The van der Waals surface area contributed by atoms with E-state index >= 15 is 0 Å². The van der Waals surface area contributed by atoms with Crippen molar-refractivity contribution < 1.29 is 4.74 Å². The fourth-order valence-corrected chi connectivity index (χ4v) is 4.94. The SMILES string of the molecule is CC(C)(C1CCC2CC2C1)C1CCC2OC2C1. The van der Waals surface area contributed by atoms with Crippen LogP contribution in [-0.2, 0) is 4.74 Å². The van der Waals surface area contributed by atoms with E-state index in [1.165, 1.54) is 32.1 Å². The fraction of sp³-hybridized carbons (Fsp3) is 1.00. The Labute approximate surface area is 105 Å². The van der Waals surface area contributed by atoms with Crippen LogP contribution in [-0.4, -0.2) is 12.2 Å². The molecule has 0 spiro atoms. The van der Waals surface area contributed by atoms with E-state index in [2.05, 4.69) is 13.8 Å². The lowest BCUT2D eigenvalue weighted by Crippen LogP contribution is -2.36. The predicted molar refractivity (Wildman–Crippen MR) is 68.7 cm³/mol. The number of hydrogen-bond donors (Lipinski definition) is 0. The van der Waals surface area contributed by atoms with Gasteiger partial charge in [-0.1, -0.05) is 13.8 Å². The van der Waals surface area contributed by atoms with Gasteiger partial charge in [-0.3, -0.25) is 0 Å². The van der Waals surface area contributed by atoms with E-state index in [4.69, 9.17) is 4.74 Å². The molecule has 17 heavy (non-hydrogen) atoms. The molecule has 96 valence electrons.